The van der Waals surface area contributed by atoms with Crippen LogP contribution in [0.4, 0.5) is 0 Å². The normalized spacial score (nSPS) is 11.0. The second kappa shape index (κ2) is 45.2. The summed E-state index contributed by atoms with van der Waals surface area (Å²) in [6, 6.07) is 29.8. The largest absolute Gasteiger partial charge is 0.0654 e. The van der Waals surface area contributed by atoms with Crippen LogP contribution >= 0.6 is 0 Å². The van der Waals surface area contributed by atoms with Crippen LogP contribution in [0.1, 0.15) is 255 Å². The van der Waals surface area contributed by atoms with Gasteiger partial charge in [0.15, 0.2) is 0 Å². The van der Waals surface area contributed by atoms with Crippen molar-refractivity contribution in [3.05, 3.63) is 239 Å². The maximum atomic E-state index is 3.41. The van der Waals surface area contributed by atoms with Crippen molar-refractivity contribution in [3.63, 3.8) is 0 Å². The van der Waals surface area contributed by atoms with E-state index < -0.39 is 0 Å². The highest BCUT2D eigenvalue weighted by molar-refractivity contribution is 5.42. The second-order valence-electron chi connectivity index (χ2n) is 25.3. The van der Waals surface area contributed by atoms with Gasteiger partial charge in [-0.1, -0.05) is 301 Å². The first-order valence-electron chi connectivity index (χ1n) is 36.4. The predicted octanol–water partition coefficient (Wildman–Crippen LogP) is 15.0. The third-order valence-electron chi connectivity index (χ3n) is 17.5. The molecule has 0 bridgehead atoms. The van der Waals surface area contributed by atoms with E-state index >= 15 is 0 Å². The van der Waals surface area contributed by atoms with Gasteiger partial charge in [-0.3, -0.25) is 0 Å². The van der Waals surface area contributed by atoms with Crippen molar-refractivity contribution in [1.82, 2.24) is 0 Å². The first kappa shape index (κ1) is 72.2. The van der Waals surface area contributed by atoms with Crippen molar-refractivity contribution < 1.29 is 0 Å². The number of hydrogen-bond donors (Lipinski definition) is 0. The van der Waals surface area contributed by atoms with E-state index in [1.54, 1.807) is 0 Å². The van der Waals surface area contributed by atoms with Crippen molar-refractivity contribution in [2.45, 2.75) is 259 Å². The fourth-order valence-electron chi connectivity index (χ4n) is 11.9. The maximum Gasteiger partial charge on any atom is 0.0582 e. The molecule has 0 heteroatoms. The van der Waals surface area contributed by atoms with E-state index in [0.717, 1.165) is 93.1 Å². The molecule has 0 radical (unpaired) electrons. The van der Waals surface area contributed by atoms with Gasteiger partial charge in [0.25, 0.3) is 0 Å². The molecule has 2 aliphatic rings. The monoisotopic (exact) mass is 1230 g/mol. The van der Waals surface area contributed by atoms with Gasteiger partial charge in [0, 0.05) is 52.2 Å². The first-order valence-corrected chi connectivity index (χ1v) is 36.4. The highest BCUT2D eigenvalue weighted by atomic mass is 14.1. The minimum absolute atomic E-state index is 0.590. The molecule has 7 rings (SSSR count). The summed E-state index contributed by atoms with van der Waals surface area (Å²) >= 11 is 0. The van der Waals surface area contributed by atoms with Gasteiger partial charge in [0.05, 0.1) is 10.4 Å². The highest BCUT2D eigenvalue weighted by Crippen LogP contribution is 2.14. The van der Waals surface area contributed by atoms with Crippen LogP contribution in [0, 0.1) is 0 Å². The maximum absolute atomic E-state index is 3.41. The van der Waals surface area contributed by atoms with Gasteiger partial charge in [-0.2, -0.15) is 0 Å². The van der Waals surface area contributed by atoms with E-state index in [9.17, 15) is 0 Å². The van der Waals surface area contributed by atoms with E-state index in [-0.39, 0.29) is 0 Å². The molecular weight excluding hydrogens is 1130 g/mol. The second-order valence-corrected chi connectivity index (χ2v) is 25.3. The molecule has 0 heterocycles. The van der Waals surface area contributed by atoms with Crippen LogP contribution in [0.2, 0.25) is 0 Å². The van der Waals surface area contributed by atoms with E-state index in [1.807, 2.05) is 12.1 Å². The molecule has 0 unspecified atom stereocenters. The molecule has 2 aliphatic carbocycles. The highest BCUT2D eigenvalue weighted by Gasteiger charge is 2.01. The fraction of sp³-hybridized carbons (Fsp3) is 0.426. The third kappa shape index (κ3) is 27.6. The van der Waals surface area contributed by atoms with E-state index in [2.05, 4.69) is 238 Å². The Balaban J connectivity index is 1.51. The summed E-state index contributed by atoms with van der Waals surface area (Å²) in [4.78, 5) is 0. The van der Waals surface area contributed by atoms with Crippen molar-refractivity contribution in [2.75, 3.05) is 0 Å². The Morgan fingerprint density at radius 2 is 0.340 bits per heavy atom. The van der Waals surface area contributed by atoms with Gasteiger partial charge >= 0.3 is 0 Å². The number of aryl methyl sites for hydroxylation is 4. The molecule has 0 atom stereocenters. The van der Waals surface area contributed by atoms with E-state index in [1.165, 1.54) is 202 Å². The number of benzene rings is 5. The van der Waals surface area contributed by atoms with Crippen molar-refractivity contribution in [3.8, 4) is 0 Å². The van der Waals surface area contributed by atoms with E-state index in [0.29, 0.717) is 20.9 Å². The lowest BCUT2D eigenvalue weighted by molar-refractivity contribution is 0.575. The Morgan fingerprint density at radius 1 is 0.170 bits per heavy atom. The minimum Gasteiger partial charge on any atom is -0.0654 e. The van der Waals surface area contributed by atoms with Gasteiger partial charge in [0.1, 0.15) is 0 Å². The summed E-state index contributed by atoms with van der Waals surface area (Å²) in [5, 5.41) is 9.09. The van der Waals surface area contributed by atoms with Crippen molar-refractivity contribution >= 4 is 68.8 Å². The summed E-state index contributed by atoms with van der Waals surface area (Å²) in [5.41, 5.74) is 83.9. The zero-order valence-corrected chi connectivity index (χ0v) is 57.5. The molecule has 0 fully saturated rings. The Labute approximate surface area is 562 Å². The Hall–Kier alpha value is -9.18. The molecule has 0 aliphatic heterocycles. The molecule has 0 nitrogen and oxygen atoms in total. The lowest BCUT2D eigenvalue weighted by Gasteiger charge is -2.02. The summed E-state index contributed by atoms with van der Waals surface area (Å²) in [6.45, 7) is 9.10. The van der Waals surface area contributed by atoms with Gasteiger partial charge < -0.3 is 0 Å². The molecule has 94 heavy (non-hydrogen) atoms. The van der Waals surface area contributed by atoms with Crippen molar-refractivity contribution in [1.29, 1.82) is 0 Å². The Morgan fingerprint density at radius 3 is 0.564 bits per heavy atom. The molecule has 0 aromatic heterocycles. The quantitative estimate of drug-likeness (QED) is 0.0271. The van der Waals surface area contributed by atoms with Gasteiger partial charge in [-0.05, 0) is 203 Å². The van der Waals surface area contributed by atoms with Crippen LogP contribution in [0.15, 0.2) is 154 Å². The molecule has 0 N–H and O–H groups in total. The zero-order chi connectivity index (χ0) is 65.6. The lowest BCUT2D eigenvalue weighted by Crippen LogP contribution is -2.46. The smallest absolute Gasteiger partial charge is 0.0582 e. The van der Waals surface area contributed by atoms with Crippen LogP contribution in [-0.4, -0.2) is 0 Å². The summed E-state index contributed by atoms with van der Waals surface area (Å²) in [6.07, 6.45) is 44.8. The summed E-state index contributed by atoms with van der Waals surface area (Å²) < 4.78 is 0. The van der Waals surface area contributed by atoms with Crippen LogP contribution in [-0.2, 0) is 25.7 Å². The van der Waals surface area contributed by atoms with E-state index in [4.69, 9.17) is 0 Å². The molecule has 5 aromatic carbocycles. The average molecular weight is 1230 g/mol. The topological polar surface area (TPSA) is 0 Å². The lowest BCUT2D eigenvalue weighted by atomic mass is 10.0. The summed E-state index contributed by atoms with van der Waals surface area (Å²) in [7, 11) is 0. The summed E-state index contributed by atoms with van der Waals surface area (Å²) in [5.74, 6) is 0. The van der Waals surface area contributed by atoms with Gasteiger partial charge in [0.2, 0.25) is 0 Å². The Bertz CT molecular complexity index is 4720. The SMILES string of the molecule is CCCCCCCCCCc1ccc2c(c1)=C=C=C=C=c1cc(CCCCCCCCCC)ccc1=C=C=C=C=c1c(ccc3c1=C=C=C=C=c1ccc(CCCCCCCCCC)cc1=C=C=C=C=c1cc(CCCCCCCCCC)ccc1=C=C=C=C=3)=C=C=C=C=2. The van der Waals surface area contributed by atoms with Crippen LogP contribution in [0.3, 0.4) is 0 Å². The third-order valence-corrected chi connectivity index (χ3v) is 17.5. The average Bonchev–Trinajstić information content (AvgIpc) is 1.12. The molecule has 0 saturated carbocycles. The number of fused-ring (bicyclic) bond motifs is 7. The minimum atomic E-state index is 0.590. The van der Waals surface area contributed by atoms with Gasteiger partial charge in [-0.25, -0.2) is 0 Å². The molecule has 0 saturated heterocycles. The number of hydrogen-bond acceptors (Lipinski definition) is 0. The van der Waals surface area contributed by atoms with Crippen LogP contribution in [0.25, 0.3) is 68.8 Å². The Kier molecular flexibility index (Phi) is 34.7. The standard InChI is InChI=1S/C94H98/c1-5-9-13-17-21-25-29-33-49-79-65-69-83-53-37-39-57-87-73-74-88-58-40-38-54-84-70-66-80(50-34-30-26-22-18-14-10-6-2)76-90(84)60-42-44-62-92-78-82(52-36-32-28-24-20-16-12-8-4)68-72-86(92)56-46-48-64-94(88)93(87)63-47-45-55-85-71-67-81(51-35-31-27-23-19-15-11-7-3)77-91(85)61-43-41-59-89(83)75-79/h65-78H,5-36,49-52H2,1-4H3. The first-order chi connectivity index (χ1) is 46.5. The molecule has 0 amide bonds. The molecule has 474 valence electrons. The van der Waals surface area contributed by atoms with Gasteiger partial charge in [-0.15, -0.1) is 0 Å². The molecule has 0 spiro atoms. The number of rotatable bonds is 36. The molecular formula is C94H98. The molecule has 5 aromatic rings. The van der Waals surface area contributed by atoms with Crippen LogP contribution < -0.4 is 62.6 Å². The zero-order valence-electron chi connectivity index (χ0n) is 57.5. The van der Waals surface area contributed by atoms with Crippen molar-refractivity contribution in [2.24, 2.45) is 0 Å². The van der Waals surface area contributed by atoms with Crippen LogP contribution in [0.5, 0.6) is 0 Å². The predicted molar refractivity (Wildman–Crippen MR) is 396 cm³/mol. The number of unbranched alkanes of at least 4 members (excludes halogenated alkanes) is 28. The fourth-order valence-corrected chi connectivity index (χ4v) is 11.9.